The van der Waals surface area contributed by atoms with E-state index in [2.05, 4.69) is 17.2 Å². The van der Waals surface area contributed by atoms with Gasteiger partial charge < -0.3 is 10.2 Å². The molecule has 4 nitrogen and oxygen atoms in total. The van der Waals surface area contributed by atoms with Gasteiger partial charge in [0, 0.05) is 19.8 Å². The first-order chi connectivity index (χ1) is 7.76. The van der Waals surface area contributed by atoms with Crippen LogP contribution in [0.15, 0.2) is 12.3 Å². The summed E-state index contributed by atoms with van der Waals surface area (Å²) in [6.07, 6.45) is 4.95. The maximum absolute atomic E-state index is 10.9. The minimum absolute atomic E-state index is 0.218. The second-order valence-corrected chi connectivity index (χ2v) is 4.18. The first kappa shape index (κ1) is 10.9. The molecule has 1 fully saturated rings. The third kappa shape index (κ3) is 1.87. The number of aromatic nitrogens is 1. The normalized spacial score (nSPS) is 19.9. The second-order valence-electron chi connectivity index (χ2n) is 4.18. The lowest BCUT2D eigenvalue weighted by atomic mass is 10.0. The van der Waals surface area contributed by atoms with E-state index >= 15 is 0 Å². The summed E-state index contributed by atoms with van der Waals surface area (Å²) in [7, 11) is 1.86. The average Bonchev–Trinajstić information content (AvgIpc) is 2.76. The Bertz CT molecular complexity index is 392. The SMILES string of the molecule is CNc1cc(C)c(C2CCCN2C=O)cn1. The maximum Gasteiger partial charge on any atom is 0.210 e. The number of hydrogen-bond donors (Lipinski definition) is 1. The molecule has 16 heavy (non-hydrogen) atoms. The van der Waals surface area contributed by atoms with Crippen LogP contribution >= 0.6 is 0 Å². The van der Waals surface area contributed by atoms with Crippen LogP contribution in [0, 0.1) is 6.92 Å². The molecule has 1 aliphatic heterocycles. The van der Waals surface area contributed by atoms with Gasteiger partial charge in [0.1, 0.15) is 5.82 Å². The average molecular weight is 219 g/mol. The number of anilines is 1. The Labute approximate surface area is 95.7 Å². The van der Waals surface area contributed by atoms with Crippen molar-refractivity contribution >= 4 is 12.2 Å². The molecule has 0 aliphatic carbocycles. The summed E-state index contributed by atoms with van der Waals surface area (Å²) in [6.45, 7) is 2.93. The summed E-state index contributed by atoms with van der Waals surface area (Å²) < 4.78 is 0. The van der Waals surface area contributed by atoms with Crippen molar-refractivity contribution in [2.45, 2.75) is 25.8 Å². The third-order valence-electron chi connectivity index (χ3n) is 3.20. The van der Waals surface area contributed by atoms with Crippen molar-refractivity contribution in [1.29, 1.82) is 0 Å². The molecule has 1 N–H and O–H groups in total. The molecule has 1 aromatic heterocycles. The summed E-state index contributed by atoms with van der Waals surface area (Å²) in [5, 5.41) is 3.02. The van der Waals surface area contributed by atoms with Crippen molar-refractivity contribution in [2.75, 3.05) is 18.9 Å². The van der Waals surface area contributed by atoms with Gasteiger partial charge in [-0.2, -0.15) is 0 Å². The van der Waals surface area contributed by atoms with E-state index in [0.29, 0.717) is 0 Å². The van der Waals surface area contributed by atoms with Crippen LogP contribution in [0.5, 0.6) is 0 Å². The van der Waals surface area contributed by atoms with Crippen LogP contribution in [0.25, 0.3) is 0 Å². The summed E-state index contributed by atoms with van der Waals surface area (Å²) in [6, 6.07) is 2.24. The zero-order chi connectivity index (χ0) is 11.5. The lowest BCUT2D eigenvalue weighted by molar-refractivity contribution is -0.118. The fourth-order valence-electron chi connectivity index (χ4n) is 2.30. The monoisotopic (exact) mass is 219 g/mol. The van der Waals surface area contributed by atoms with Gasteiger partial charge >= 0.3 is 0 Å². The van der Waals surface area contributed by atoms with Gasteiger partial charge in [0.25, 0.3) is 0 Å². The minimum atomic E-state index is 0.218. The van der Waals surface area contributed by atoms with E-state index in [9.17, 15) is 4.79 Å². The van der Waals surface area contributed by atoms with Gasteiger partial charge in [-0.15, -0.1) is 0 Å². The van der Waals surface area contributed by atoms with Crippen LogP contribution in [-0.4, -0.2) is 29.9 Å². The number of likely N-dealkylation sites (tertiary alicyclic amines) is 1. The molecular formula is C12H17N3O. The van der Waals surface area contributed by atoms with Crippen LogP contribution in [0.1, 0.15) is 30.0 Å². The summed E-state index contributed by atoms with van der Waals surface area (Å²) in [5.74, 6) is 0.872. The number of hydrogen-bond acceptors (Lipinski definition) is 3. The largest absolute Gasteiger partial charge is 0.373 e. The topological polar surface area (TPSA) is 45.2 Å². The molecule has 0 bridgehead atoms. The van der Waals surface area contributed by atoms with Crippen LogP contribution in [0.2, 0.25) is 0 Å². The Hall–Kier alpha value is -1.58. The molecule has 1 saturated heterocycles. The van der Waals surface area contributed by atoms with Gasteiger partial charge in [0.2, 0.25) is 6.41 Å². The first-order valence-electron chi connectivity index (χ1n) is 5.61. The summed E-state index contributed by atoms with van der Waals surface area (Å²) >= 11 is 0. The number of amides is 1. The zero-order valence-corrected chi connectivity index (χ0v) is 9.73. The first-order valence-corrected chi connectivity index (χ1v) is 5.61. The Morgan fingerprint density at radius 1 is 1.62 bits per heavy atom. The van der Waals surface area contributed by atoms with Gasteiger partial charge in [0.05, 0.1) is 6.04 Å². The Kier molecular flexibility index (Phi) is 3.08. The molecule has 0 saturated carbocycles. The van der Waals surface area contributed by atoms with Gasteiger partial charge in [-0.3, -0.25) is 4.79 Å². The van der Waals surface area contributed by atoms with Gasteiger partial charge in [-0.1, -0.05) is 0 Å². The van der Waals surface area contributed by atoms with E-state index < -0.39 is 0 Å². The second kappa shape index (κ2) is 4.51. The van der Waals surface area contributed by atoms with Crippen molar-refractivity contribution in [1.82, 2.24) is 9.88 Å². The van der Waals surface area contributed by atoms with Crippen molar-refractivity contribution in [2.24, 2.45) is 0 Å². The third-order valence-corrected chi connectivity index (χ3v) is 3.20. The number of carbonyl (C=O) groups is 1. The van der Waals surface area contributed by atoms with Crippen LogP contribution < -0.4 is 5.32 Å². The lowest BCUT2D eigenvalue weighted by Gasteiger charge is -2.21. The molecule has 1 unspecified atom stereocenters. The van der Waals surface area contributed by atoms with E-state index in [1.807, 2.05) is 24.2 Å². The minimum Gasteiger partial charge on any atom is -0.373 e. The smallest absolute Gasteiger partial charge is 0.210 e. The van der Waals surface area contributed by atoms with Crippen LogP contribution in [0.3, 0.4) is 0 Å². The fourth-order valence-corrected chi connectivity index (χ4v) is 2.30. The van der Waals surface area contributed by atoms with Gasteiger partial charge in [0.15, 0.2) is 0 Å². The number of nitrogens with one attached hydrogen (secondary N) is 1. The van der Waals surface area contributed by atoms with E-state index in [-0.39, 0.29) is 6.04 Å². The predicted octanol–water partition coefficient (Wildman–Crippen LogP) is 1.73. The molecule has 1 amide bonds. The molecule has 0 aromatic carbocycles. The molecule has 0 radical (unpaired) electrons. The van der Waals surface area contributed by atoms with Crippen LogP contribution in [-0.2, 0) is 4.79 Å². The number of rotatable bonds is 3. The molecule has 1 aliphatic rings. The number of aryl methyl sites for hydroxylation is 1. The molecule has 86 valence electrons. The highest BCUT2D eigenvalue weighted by molar-refractivity contribution is 5.51. The Morgan fingerprint density at radius 3 is 3.06 bits per heavy atom. The lowest BCUT2D eigenvalue weighted by Crippen LogP contribution is -2.22. The number of pyridine rings is 1. The standard InChI is InChI=1S/C12H17N3O/c1-9-6-12(13-2)14-7-10(9)11-4-3-5-15(11)8-16/h6-8,11H,3-5H2,1-2H3,(H,13,14). The number of nitrogens with zero attached hydrogens (tertiary/aromatic N) is 2. The zero-order valence-electron chi connectivity index (χ0n) is 9.73. The number of carbonyl (C=O) groups excluding carboxylic acids is 1. The molecule has 1 atom stereocenters. The van der Waals surface area contributed by atoms with Crippen molar-refractivity contribution in [3.8, 4) is 0 Å². The van der Waals surface area contributed by atoms with E-state index in [4.69, 9.17) is 0 Å². The molecule has 4 heteroatoms. The van der Waals surface area contributed by atoms with Gasteiger partial charge in [-0.05, 0) is 37.0 Å². The Balaban J connectivity index is 2.29. The summed E-state index contributed by atoms with van der Waals surface area (Å²) in [4.78, 5) is 17.1. The summed E-state index contributed by atoms with van der Waals surface area (Å²) in [5.41, 5.74) is 2.36. The molecular weight excluding hydrogens is 202 g/mol. The highest BCUT2D eigenvalue weighted by Crippen LogP contribution is 2.32. The molecule has 0 spiro atoms. The fraction of sp³-hybridized carbons (Fsp3) is 0.500. The maximum atomic E-state index is 10.9. The van der Waals surface area contributed by atoms with Crippen molar-refractivity contribution in [3.63, 3.8) is 0 Å². The molecule has 1 aromatic rings. The van der Waals surface area contributed by atoms with Gasteiger partial charge in [-0.25, -0.2) is 4.98 Å². The molecule has 2 rings (SSSR count). The molecule has 2 heterocycles. The van der Waals surface area contributed by atoms with E-state index in [1.165, 1.54) is 11.1 Å². The highest BCUT2D eigenvalue weighted by atomic mass is 16.1. The van der Waals surface area contributed by atoms with E-state index in [1.54, 1.807) is 0 Å². The van der Waals surface area contributed by atoms with E-state index in [0.717, 1.165) is 31.6 Å². The van der Waals surface area contributed by atoms with Crippen molar-refractivity contribution < 1.29 is 4.79 Å². The van der Waals surface area contributed by atoms with Crippen molar-refractivity contribution in [3.05, 3.63) is 23.4 Å². The highest BCUT2D eigenvalue weighted by Gasteiger charge is 2.25. The quantitative estimate of drug-likeness (QED) is 0.787. The Morgan fingerprint density at radius 2 is 2.44 bits per heavy atom. The van der Waals surface area contributed by atoms with Crippen LogP contribution in [0.4, 0.5) is 5.82 Å². The predicted molar refractivity (Wildman–Crippen MR) is 63.3 cm³/mol.